The number of rotatable bonds is 0. The van der Waals surface area contributed by atoms with E-state index >= 15 is 0 Å². The van der Waals surface area contributed by atoms with Gasteiger partial charge in [-0.1, -0.05) is 0 Å². The molecule has 0 spiro atoms. The summed E-state index contributed by atoms with van der Waals surface area (Å²) in [6.07, 6.45) is 0. The molecule has 0 aliphatic rings. The first kappa shape index (κ1) is 46.0. The van der Waals surface area contributed by atoms with Crippen molar-refractivity contribution < 1.29 is 33.6 Å². The van der Waals surface area contributed by atoms with Crippen LogP contribution in [0.1, 0.15) is 0 Å². The Morgan fingerprint density at radius 3 is 0.714 bits per heavy atom. The predicted molar refractivity (Wildman–Crippen MR) is 29.6 cm³/mol. The first-order valence-corrected chi connectivity index (χ1v) is 3.82. The fourth-order valence-electron chi connectivity index (χ4n) is 0. The Labute approximate surface area is 55.0 Å². The molecule has 0 radical (unpaired) electrons. The zero-order chi connectivity index (χ0) is 2.71. The van der Waals surface area contributed by atoms with Gasteiger partial charge in [-0.3, -0.25) is 0 Å². The molecule has 7 heteroatoms. The third-order valence-electron chi connectivity index (χ3n) is 0. The van der Waals surface area contributed by atoms with Crippen molar-refractivity contribution in [3.05, 3.63) is 0 Å². The van der Waals surface area contributed by atoms with E-state index in [-0.39, 0.29) is 33.6 Å². The van der Waals surface area contributed by atoms with Gasteiger partial charge >= 0.3 is 32.8 Å². The molecule has 0 saturated carbocycles. The van der Waals surface area contributed by atoms with Gasteiger partial charge in [-0.05, 0) is 0 Å². The molecule has 0 aromatic carbocycles. The van der Waals surface area contributed by atoms with Crippen molar-refractivity contribution in [3.8, 4) is 0 Å². The Hall–Kier alpha value is 0.799. The van der Waals surface area contributed by atoms with E-state index in [9.17, 15) is 0 Å². The molecule has 0 atom stereocenters. The van der Waals surface area contributed by atoms with E-state index in [2.05, 4.69) is 21.1 Å². The molecule has 0 fully saturated rings. The molecule has 0 heterocycles. The summed E-state index contributed by atoms with van der Waals surface area (Å²) in [6.45, 7) is 0. The van der Waals surface area contributed by atoms with Gasteiger partial charge in [0.2, 0.25) is 0 Å². The molecular formula is H8MnO4S2. The second kappa shape index (κ2) is 70.6. The summed E-state index contributed by atoms with van der Waals surface area (Å²) in [5, 5.41) is 0. The van der Waals surface area contributed by atoms with Crippen LogP contribution in [0.15, 0.2) is 0 Å². The minimum absolute atomic E-state index is 0. The maximum absolute atomic E-state index is 4.24. The fraction of sp³-hybridized carbons (Fsp3) is 0. The van der Waals surface area contributed by atoms with E-state index in [1.54, 1.807) is 0 Å². The van der Waals surface area contributed by atoms with Crippen LogP contribution in [0.3, 0.4) is 0 Å². The summed E-state index contributed by atoms with van der Waals surface area (Å²) >= 11 is 0.229. The Balaban J connectivity index is -0.00000000333. The minimum atomic E-state index is 0. The topological polar surface area (TPSA) is 126 Å². The summed E-state index contributed by atoms with van der Waals surface area (Å²) in [6, 6.07) is 0. The van der Waals surface area contributed by atoms with Gasteiger partial charge in [-0.25, -0.2) is 0 Å². The third-order valence-corrected chi connectivity index (χ3v) is 0. The van der Waals surface area contributed by atoms with Crippen LogP contribution in [0, 0.1) is 0 Å². The summed E-state index contributed by atoms with van der Waals surface area (Å²) in [5.74, 6) is 0. The van der Waals surface area contributed by atoms with Crippen molar-refractivity contribution in [3.63, 3.8) is 0 Å². The molecule has 8 N–H and O–H groups in total. The molecular weight excluding hydrogens is 183 g/mol. The molecule has 0 unspecified atom stereocenters. The van der Waals surface area contributed by atoms with E-state index in [0.29, 0.717) is 0 Å². The van der Waals surface area contributed by atoms with E-state index in [4.69, 9.17) is 0 Å². The quantitative estimate of drug-likeness (QED) is 0.410. The summed E-state index contributed by atoms with van der Waals surface area (Å²) in [7, 11) is 8.48. The van der Waals surface area contributed by atoms with Gasteiger partial charge in [0.1, 0.15) is 0 Å². The van der Waals surface area contributed by atoms with E-state index in [1.807, 2.05) is 0 Å². The van der Waals surface area contributed by atoms with Crippen LogP contribution in [0.25, 0.3) is 0 Å². The van der Waals surface area contributed by atoms with E-state index < -0.39 is 0 Å². The maximum atomic E-state index is 4.24. The standard InChI is InChI=1S/Mn.4H2O.2S/h;4*1H2;;. The van der Waals surface area contributed by atoms with Crippen molar-refractivity contribution in [1.82, 2.24) is 0 Å². The second-order valence-corrected chi connectivity index (χ2v) is 2.34. The van der Waals surface area contributed by atoms with Gasteiger partial charge in [0, 0.05) is 0 Å². The van der Waals surface area contributed by atoms with Crippen molar-refractivity contribution in [2.75, 3.05) is 0 Å². The van der Waals surface area contributed by atoms with Crippen LogP contribution >= 0.6 is 21.1 Å². The fourth-order valence-corrected chi connectivity index (χ4v) is 0. The van der Waals surface area contributed by atoms with Crippen LogP contribution in [0.4, 0.5) is 0 Å². The van der Waals surface area contributed by atoms with E-state index in [1.165, 1.54) is 0 Å². The van der Waals surface area contributed by atoms with Gasteiger partial charge in [-0.15, -0.1) is 0 Å². The predicted octanol–water partition coefficient (Wildman–Crippen LogP) is -2.00. The summed E-state index contributed by atoms with van der Waals surface area (Å²) < 4.78 is 0. The van der Waals surface area contributed by atoms with Crippen molar-refractivity contribution in [2.24, 2.45) is 0 Å². The molecule has 51 valence electrons. The van der Waals surface area contributed by atoms with Gasteiger partial charge in [0.15, 0.2) is 0 Å². The molecule has 0 rings (SSSR count). The Kier molecular flexibility index (Phi) is 464. The zero-order valence-electron chi connectivity index (χ0n) is 3.19. The number of hydrogen-bond donors (Lipinski definition) is 0. The van der Waals surface area contributed by atoms with Crippen molar-refractivity contribution in [2.45, 2.75) is 0 Å². The third kappa shape index (κ3) is 245. The first-order valence-electron chi connectivity index (χ1n) is 0.309. The molecule has 0 amide bonds. The second-order valence-electron chi connectivity index (χ2n) is 0.0630. The van der Waals surface area contributed by atoms with Crippen LogP contribution in [-0.2, 0) is 11.7 Å². The molecule has 4 nitrogen and oxygen atoms in total. The van der Waals surface area contributed by atoms with Crippen molar-refractivity contribution in [1.29, 1.82) is 0 Å². The average Bonchev–Trinajstić information content (AvgIpc) is 0.918. The molecule has 0 saturated heterocycles. The molecule has 7 heavy (non-hydrogen) atoms. The Morgan fingerprint density at radius 2 is 0.714 bits per heavy atom. The van der Waals surface area contributed by atoms with Crippen molar-refractivity contribution >= 4 is 21.1 Å². The molecule has 0 aromatic rings. The van der Waals surface area contributed by atoms with Gasteiger partial charge in [0.25, 0.3) is 0 Å². The molecule has 0 aliphatic heterocycles. The van der Waals surface area contributed by atoms with Crippen LogP contribution < -0.4 is 0 Å². The van der Waals surface area contributed by atoms with Gasteiger partial charge in [-0.2, -0.15) is 0 Å². The SMILES string of the molecule is O.O.O.O.[S]=[Mn]=[S]. The van der Waals surface area contributed by atoms with Crippen LogP contribution in [0.5, 0.6) is 0 Å². The average molecular weight is 191 g/mol. The number of hydrogen-bond acceptors (Lipinski definition) is 2. The molecule has 0 bridgehead atoms. The van der Waals surface area contributed by atoms with Crippen LogP contribution in [-0.4, -0.2) is 21.9 Å². The van der Waals surface area contributed by atoms with E-state index in [0.717, 1.165) is 0 Å². The van der Waals surface area contributed by atoms with Gasteiger partial charge in [0.05, 0.1) is 0 Å². The first-order chi connectivity index (χ1) is 1.41. The Bertz CT molecular complexity index is 30.7. The van der Waals surface area contributed by atoms with Gasteiger partial charge < -0.3 is 21.9 Å². The Morgan fingerprint density at radius 1 is 0.714 bits per heavy atom. The monoisotopic (exact) mass is 191 g/mol. The normalized spacial score (nSPS) is 1.71. The summed E-state index contributed by atoms with van der Waals surface area (Å²) in [4.78, 5) is 0. The molecule has 0 aromatic heterocycles. The van der Waals surface area contributed by atoms with Crippen LogP contribution in [0.2, 0.25) is 0 Å². The zero-order valence-corrected chi connectivity index (χ0v) is 6.01. The molecule has 0 aliphatic carbocycles. The summed E-state index contributed by atoms with van der Waals surface area (Å²) in [5.41, 5.74) is 0.